The summed E-state index contributed by atoms with van der Waals surface area (Å²) in [5.74, 6) is 6.22. The van der Waals surface area contributed by atoms with Gasteiger partial charge >= 0.3 is 0 Å². The van der Waals surface area contributed by atoms with Gasteiger partial charge in [0.25, 0.3) is 0 Å². The normalized spacial score (nSPS) is 14.2. The molecule has 0 aromatic carbocycles. The standard InChI is InChI=1S/C22H18N6O2/c1-3-20(29)26-19-7-5-15(10-24-19)4-6-16-8-18(27-13-22(2,30)14-27)12-28-21(16)17(9-23)11-25-28/h3,5,7-8,10-12,30H,1,13-14H2,2H3,(H,24,26,29). The fourth-order valence-corrected chi connectivity index (χ4v) is 3.27. The van der Waals surface area contributed by atoms with Crippen LogP contribution in [0.4, 0.5) is 11.5 Å². The van der Waals surface area contributed by atoms with Crippen molar-refractivity contribution in [3.05, 3.63) is 66.1 Å². The van der Waals surface area contributed by atoms with Gasteiger partial charge in [-0.05, 0) is 31.2 Å². The second kappa shape index (κ2) is 7.36. The maximum absolute atomic E-state index is 11.3. The van der Waals surface area contributed by atoms with Crippen LogP contribution in [0.1, 0.15) is 23.6 Å². The highest BCUT2D eigenvalue weighted by Gasteiger charge is 2.37. The van der Waals surface area contributed by atoms with E-state index in [2.05, 4.69) is 39.9 Å². The van der Waals surface area contributed by atoms with Crippen molar-refractivity contribution in [2.45, 2.75) is 12.5 Å². The van der Waals surface area contributed by atoms with E-state index >= 15 is 0 Å². The molecule has 0 radical (unpaired) electrons. The number of aromatic nitrogens is 3. The first-order valence-corrected chi connectivity index (χ1v) is 9.19. The van der Waals surface area contributed by atoms with Crippen molar-refractivity contribution < 1.29 is 9.90 Å². The lowest BCUT2D eigenvalue weighted by atomic mass is 9.96. The summed E-state index contributed by atoms with van der Waals surface area (Å²) >= 11 is 0. The van der Waals surface area contributed by atoms with Crippen LogP contribution in [0.3, 0.4) is 0 Å². The molecule has 1 aliphatic heterocycles. The number of amides is 1. The summed E-state index contributed by atoms with van der Waals surface area (Å²) in [6.07, 6.45) is 6.06. The predicted molar refractivity (Wildman–Crippen MR) is 112 cm³/mol. The average molecular weight is 398 g/mol. The van der Waals surface area contributed by atoms with Gasteiger partial charge in [-0.25, -0.2) is 9.50 Å². The monoisotopic (exact) mass is 398 g/mol. The Hall–Kier alpha value is -4.14. The van der Waals surface area contributed by atoms with Crippen molar-refractivity contribution in [2.24, 2.45) is 0 Å². The van der Waals surface area contributed by atoms with E-state index in [4.69, 9.17) is 0 Å². The molecule has 0 aliphatic carbocycles. The Kier molecular flexibility index (Phi) is 4.71. The molecule has 1 amide bonds. The fourth-order valence-electron chi connectivity index (χ4n) is 3.27. The van der Waals surface area contributed by atoms with E-state index in [1.54, 1.807) is 29.8 Å². The van der Waals surface area contributed by atoms with E-state index in [1.807, 2.05) is 17.2 Å². The smallest absolute Gasteiger partial charge is 0.248 e. The molecule has 8 nitrogen and oxygen atoms in total. The van der Waals surface area contributed by atoms with Crippen molar-refractivity contribution in [1.29, 1.82) is 5.26 Å². The number of carbonyl (C=O) groups excluding carboxylic acids is 1. The molecule has 4 rings (SSSR count). The first kappa shape index (κ1) is 19.2. The van der Waals surface area contributed by atoms with Crippen molar-refractivity contribution in [2.75, 3.05) is 23.3 Å². The Labute approximate surface area is 173 Å². The number of nitrogens with zero attached hydrogens (tertiary/aromatic N) is 5. The lowest BCUT2D eigenvalue weighted by Crippen LogP contribution is -2.60. The molecular weight excluding hydrogens is 380 g/mol. The number of fused-ring (bicyclic) bond motifs is 1. The van der Waals surface area contributed by atoms with Gasteiger partial charge in [-0.1, -0.05) is 18.4 Å². The van der Waals surface area contributed by atoms with Crippen molar-refractivity contribution >= 4 is 22.9 Å². The van der Waals surface area contributed by atoms with Gasteiger partial charge < -0.3 is 15.3 Å². The third-order valence-electron chi connectivity index (χ3n) is 4.69. The van der Waals surface area contributed by atoms with E-state index in [-0.39, 0.29) is 5.91 Å². The number of hydrogen-bond acceptors (Lipinski definition) is 6. The highest BCUT2D eigenvalue weighted by molar-refractivity contribution is 5.98. The fraction of sp³-hybridized carbons (Fsp3) is 0.182. The number of β-amino-alcohol motifs (C(OH)–C–C–N with tert-alkyl or cyclic N) is 1. The summed E-state index contributed by atoms with van der Waals surface area (Å²) in [5, 5.41) is 26.3. The number of nitrogens with one attached hydrogen (secondary N) is 1. The van der Waals surface area contributed by atoms with Gasteiger partial charge in [0.1, 0.15) is 11.9 Å². The molecule has 0 bridgehead atoms. The highest BCUT2D eigenvalue weighted by atomic mass is 16.3. The maximum atomic E-state index is 11.3. The average Bonchev–Trinajstić information content (AvgIpc) is 3.14. The molecule has 2 N–H and O–H groups in total. The van der Waals surface area contributed by atoms with Gasteiger partial charge in [0.05, 0.1) is 40.3 Å². The van der Waals surface area contributed by atoms with Crippen LogP contribution in [-0.4, -0.2) is 44.3 Å². The third kappa shape index (κ3) is 3.72. The van der Waals surface area contributed by atoms with E-state index < -0.39 is 5.60 Å². The van der Waals surface area contributed by atoms with Crippen LogP contribution in [0.5, 0.6) is 0 Å². The van der Waals surface area contributed by atoms with Crippen LogP contribution in [0.15, 0.2) is 49.4 Å². The van der Waals surface area contributed by atoms with Gasteiger partial charge in [-0.15, -0.1) is 0 Å². The van der Waals surface area contributed by atoms with Crippen LogP contribution in [0, 0.1) is 23.2 Å². The molecule has 3 aromatic heterocycles. The first-order chi connectivity index (χ1) is 14.4. The van der Waals surface area contributed by atoms with Crippen LogP contribution in [0.25, 0.3) is 5.52 Å². The lowest BCUT2D eigenvalue weighted by molar-refractivity contribution is -0.111. The molecule has 1 saturated heterocycles. The number of aliphatic hydroxyl groups is 1. The Morgan fingerprint density at radius 2 is 2.13 bits per heavy atom. The number of hydrogen-bond donors (Lipinski definition) is 2. The Morgan fingerprint density at radius 1 is 1.33 bits per heavy atom. The van der Waals surface area contributed by atoms with Gasteiger partial charge in [-0.2, -0.15) is 10.4 Å². The first-order valence-electron chi connectivity index (χ1n) is 9.19. The predicted octanol–water partition coefficient (Wildman–Crippen LogP) is 1.70. The highest BCUT2D eigenvalue weighted by Crippen LogP contribution is 2.29. The summed E-state index contributed by atoms with van der Waals surface area (Å²) < 4.78 is 1.64. The number of nitriles is 1. The zero-order valence-corrected chi connectivity index (χ0v) is 16.3. The summed E-state index contributed by atoms with van der Waals surface area (Å²) in [7, 11) is 0. The zero-order chi connectivity index (χ0) is 21.3. The van der Waals surface area contributed by atoms with Gasteiger partial charge in [0.2, 0.25) is 5.91 Å². The van der Waals surface area contributed by atoms with E-state index in [1.165, 1.54) is 12.3 Å². The third-order valence-corrected chi connectivity index (χ3v) is 4.69. The summed E-state index contributed by atoms with van der Waals surface area (Å²) in [5.41, 5.74) is 2.52. The largest absolute Gasteiger partial charge is 0.386 e. The van der Waals surface area contributed by atoms with Gasteiger partial charge in [0, 0.05) is 24.8 Å². The molecule has 30 heavy (non-hydrogen) atoms. The van der Waals surface area contributed by atoms with Crippen molar-refractivity contribution in [3.8, 4) is 17.9 Å². The molecule has 4 heterocycles. The van der Waals surface area contributed by atoms with Crippen molar-refractivity contribution in [3.63, 3.8) is 0 Å². The molecule has 0 unspecified atom stereocenters. The zero-order valence-electron chi connectivity index (χ0n) is 16.3. The molecule has 1 fully saturated rings. The molecule has 3 aromatic rings. The van der Waals surface area contributed by atoms with Gasteiger partial charge in [0.15, 0.2) is 0 Å². The Morgan fingerprint density at radius 3 is 2.77 bits per heavy atom. The Bertz CT molecular complexity index is 1250. The number of rotatable bonds is 3. The van der Waals surface area contributed by atoms with Crippen molar-refractivity contribution in [1.82, 2.24) is 14.6 Å². The molecule has 0 atom stereocenters. The lowest BCUT2D eigenvalue weighted by Gasteiger charge is -2.45. The number of carbonyl (C=O) groups is 1. The minimum absolute atomic E-state index is 0.338. The van der Waals surface area contributed by atoms with E-state index in [0.717, 1.165) is 5.69 Å². The quantitative estimate of drug-likeness (QED) is 0.514. The molecular formula is C22H18N6O2. The van der Waals surface area contributed by atoms with Crippen LogP contribution < -0.4 is 10.2 Å². The van der Waals surface area contributed by atoms with Crippen LogP contribution in [0.2, 0.25) is 0 Å². The van der Waals surface area contributed by atoms with Crippen LogP contribution in [-0.2, 0) is 4.79 Å². The number of anilines is 2. The second-order valence-corrected chi connectivity index (χ2v) is 7.30. The maximum Gasteiger partial charge on any atom is 0.248 e. The minimum atomic E-state index is -0.711. The summed E-state index contributed by atoms with van der Waals surface area (Å²) in [6.45, 7) is 6.22. The summed E-state index contributed by atoms with van der Waals surface area (Å²) in [6, 6.07) is 7.44. The van der Waals surface area contributed by atoms with E-state index in [9.17, 15) is 15.2 Å². The van der Waals surface area contributed by atoms with Gasteiger partial charge in [-0.3, -0.25) is 4.79 Å². The molecule has 148 valence electrons. The Balaban J connectivity index is 1.68. The second-order valence-electron chi connectivity index (χ2n) is 7.30. The van der Waals surface area contributed by atoms with Crippen LogP contribution >= 0.6 is 0 Å². The molecule has 0 saturated carbocycles. The molecule has 1 aliphatic rings. The molecule has 0 spiro atoms. The SMILES string of the molecule is C=CC(=O)Nc1ccc(C#Cc2cc(N3CC(C)(O)C3)cn3ncc(C#N)c23)cn1. The summed E-state index contributed by atoms with van der Waals surface area (Å²) in [4.78, 5) is 17.5. The number of pyridine rings is 2. The van der Waals surface area contributed by atoms with E-state index in [0.29, 0.717) is 41.1 Å². The molecule has 8 heteroatoms. The minimum Gasteiger partial charge on any atom is -0.386 e. The topological polar surface area (TPSA) is 107 Å².